The van der Waals surface area contributed by atoms with Gasteiger partial charge in [0.15, 0.2) is 0 Å². The van der Waals surface area contributed by atoms with Gasteiger partial charge in [0.1, 0.15) is 0 Å². The van der Waals surface area contributed by atoms with Crippen LogP contribution in [0, 0.1) is 0 Å². The van der Waals surface area contributed by atoms with Gasteiger partial charge in [0.25, 0.3) is 0 Å². The molecular formula is C14H21N3O4S. The average molecular weight is 327 g/mol. The Labute approximate surface area is 130 Å². The summed E-state index contributed by atoms with van der Waals surface area (Å²) in [6, 6.07) is 5.89. The number of methoxy groups -OCH3 is 1. The van der Waals surface area contributed by atoms with E-state index < -0.39 is 16.1 Å². The third kappa shape index (κ3) is 4.19. The molecule has 2 N–H and O–H groups in total. The van der Waals surface area contributed by atoms with Gasteiger partial charge in [-0.1, -0.05) is 6.07 Å². The van der Waals surface area contributed by atoms with Gasteiger partial charge in [-0.3, -0.25) is 0 Å². The van der Waals surface area contributed by atoms with Crippen LogP contribution in [0.25, 0.3) is 0 Å². The maximum Gasteiger partial charge on any atom is 0.319 e. The van der Waals surface area contributed by atoms with Gasteiger partial charge in [-0.05, 0) is 31.0 Å². The number of carbonyl (C=O) groups is 1. The molecule has 7 nitrogen and oxygen atoms in total. The molecule has 1 saturated heterocycles. The van der Waals surface area contributed by atoms with E-state index in [1.165, 1.54) is 10.4 Å². The fourth-order valence-electron chi connectivity index (χ4n) is 2.25. The number of rotatable bonds is 6. The molecule has 0 bridgehead atoms. The zero-order valence-electron chi connectivity index (χ0n) is 12.5. The topological polar surface area (TPSA) is 87.7 Å². The fraction of sp³-hybridized carbons (Fsp3) is 0.500. The summed E-state index contributed by atoms with van der Waals surface area (Å²) in [7, 11) is -1.93. The van der Waals surface area contributed by atoms with Gasteiger partial charge in [-0.25, -0.2) is 13.2 Å². The third-order valence-corrected chi connectivity index (χ3v) is 5.28. The lowest BCUT2D eigenvalue weighted by atomic mass is 10.3. The maximum absolute atomic E-state index is 12.5. The number of amides is 2. The van der Waals surface area contributed by atoms with Crippen molar-refractivity contribution in [3.63, 3.8) is 0 Å². The molecule has 0 atom stereocenters. The SMILES string of the molecule is COCCNC(=O)Nc1cccc(S(=O)(=O)N2CCCC2)c1. The van der Waals surface area contributed by atoms with Gasteiger partial charge in [0.2, 0.25) is 10.0 Å². The molecule has 122 valence electrons. The van der Waals surface area contributed by atoms with E-state index >= 15 is 0 Å². The Morgan fingerprint density at radius 1 is 1.32 bits per heavy atom. The van der Waals surface area contributed by atoms with Crippen molar-refractivity contribution in [3.05, 3.63) is 24.3 Å². The Balaban J connectivity index is 2.05. The molecule has 0 aliphatic carbocycles. The number of anilines is 1. The molecule has 2 amide bonds. The van der Waals surface area contributed by atoms with E-state index in [2.05, 4.69) is 10.6 Å². The van der Waals surface area contributed by atoms with Crippen molar-refractivity contribution in [3.8, 4) is 0 Å². The van der Waals surface area contributed by atoms with Crippen molar-refractivity contribution in [2.45, 2.75) is 17.7 Å². The highest BCUT2D eigenvalue weighted by Gasteiger charge is 2.27. The van der Waals surface area contributed by atoms with E-state index in [0.717, 1.165) is 12.8 Å². The van der Waals surface area contributed by atoms with Crippen LogP contribution in [0.15, 0.2) is 29.2 Å². The Morgan fingerprint density at radius 2 is 2.05 bits per heavy atom. The number of nitrogens with one attached hydrogen (secondary N) is 2. The van der Waals surface area contributed by atoms with Crippen molar-refractivity contribution in [2.75, 3.05) is 38.7 Å². The molecular weight excluding hydrogens is 306 g/mol. The number of urea groups is 1. The van der Waals surface area contributed by atoms with Crippen LogP contribution in [0.4, 0.5) is 10.5 Å². The number of benzene rings is 1. The molecule has 1 heterocycles. The highest BCUT2D eigenvalue weighted by Crippen LogP contribution is 2.22. The van der Waals surface area contributed by atoms with Crippen LogP contribution in [-0.4, -0.2) is 52.1 Å². The number of hydrogen-bond acceptors (Lipinski definition) is 4. The first-order valence-electron chi connectivity index (χ1n) is 7.18. The molecule has 22 heavy (non-hydrogen) atoms. The Bertz CT molecular complexity index is 612. The zero-order chi connectivity index (χ0) is 16.0. The van der Waals surface area contributed by atoms with E-state index in [9.17, 15) is 13.2 Å². The van der Waals surface area contributed by atoms with E-state index in [1.54, 1.807) is 25.3 Å². The zero-order valence-corrected chi connectivity index (χ0v) is 13.4. The van der Waals surface area contributed by atoms with E-state index in [-0.39, 0.29) is 4.90 Å². The molecule has 1 aromatic carbocycles. The van der Waals surface area contributed by atoms with Crippen LogP contribution in [-0.2, 0) is 14.8 Å². The minimum absolute atomic E-state index is 0.198. The van der Waals surface area contributed by atoms with Gasteiger partial charge in [-0.15, -0.1) is 0 Å². The predicted octanol–water partition coefficient (Wildman–Crippen LogP) is 1.24. The van der Waals surface area contributed by atoms with E-state index in [0.29, 0.717) is 31.9 Å². The Morgan fingerprint density at radius 3 is 2.73 bits per heavy atom. The highest BCUT2D eigenvalue weighted by molar-refractivity contribution is 7.89. The number of hydrogen-bond donors (Lipinski definition) is 2. The lowest BCUT2D eigenvalue weighted by Crippen LogP contribution is -2.31. The standard InChI is InChI=1S/C14H21N3O4S/c1-21-10-7-15-14(18)16-12-5-4-6-13(11-12)22(19,20)17-8-2-3-9-17/h4-6,11H,2-3,7-10H2,1H3,(H2,15,16,18). The van der Waals surface area contributed by atoms with Gasteiger partial charge >= 0.3 is 6.03 Å². The number of carbonyl (C=O) groups excluding carboxylic acids is 1. The lowest BCUT2D eigenvalue weighted by Gasteiger charge is -2.16. The molecule has 0 aromatic heterocycles. The lowest BCUT2D eigenvalue weighted by molar-refractivity contribution is 0.198. The van der Waals surface area contributed by atoms with Crippen molar-refractivity contribution in [2.24, 2.45) is 0 Å². The minimum atomic E-state index is -3.48. The van der Waals surface area contributed by atoms with E-state index in [4.69, 9.17) is 4.74 Å². The first kappa shape index (κ1) is 16.7. The quantitative estimate of drug-likeness (QED) is 0.770. The molecule has 0 radical (unpaired) electrons. The van der Waals surface area contributed by atoms with Crippen LogP contribution in [0.5, 0.6) is 0 Å². The summed E-state index contributed by atoms with van der Waals surface area (Å²) < 4.78 is 31.2. The Hall–Kier alpha value is -1.64. The summed E-state index contributed by atoms with van der Waals surface area (Å²) in [6.45, 7) is 1.90. The minimum Gasteiger partial charge on any atom is -0.383 e. The van der Waals surface area contributed by atoms with Crippen molar-refractivity contribution >= 4 is 21.7 Å². The summed E-state index contributed by atoms with van der Waals surface area (Å²) in [4.78, 5) is 11.9. The molecule has 0 spiro atoms. The normalized spacial score (nSPS) is 15.7. The van der Waals surface area contributed by atoms with Crippen LogP contribution >= 0.6 is 0 Å². The first-order valence-corrected chi connectivity index (χ1v) is 8.62. The average Bonchev–Trinajstić information content (AvgIpc) is 3.03. The van der Waals surface area contributed by atoms with Crippen LogP contribution in [0.1, 0.15) is 12.8 Å². The van der Waals surface area contributed by atoms with Gasteiger partial charge in [0.05, 0.1) is 11.5 Å². The summed E-state index contributed by atoms with van der Waals surface area (Å²) in [5, 5.41) is 5.23. The largest absolute Gasteiger partial charge is 0.383 e. The smallest absolute Gasteiger partial charge is 0.319 e. The molecule has 8 heteroatoms. The van der Waals surface area contributed by atoms with Crippen LogP contribution in [0.3, 0.4) is 0 Å². The van der Waals surface area contributed by atoms with Crippen LogP contribution < -0.4 is 10.6 Å². The maximum atomic E-state index is 12.5. The predicted molar refractivity (Wildman–Crippen MR) is 83.3 cm³/mol. The molecule has 1 aromatic rings. The van der Waals surface area contributed by atoms with Gasteiger partial charge in [0, 0.05) is 32.4 Å². The summed E-state index contributed by atoms with van der Waals surface area (Å²) in [5.41, 5.74) is 0.440. The van der Waals surface area contributed by atoms with Gasteiger partial charge in [-0.2, -0.15) is 4.31 Å². The number of sulfonamides is 1. The summed E-state index contributed by atoms with van der Waals surface area (Å²) in [5.74, 6) is 0. The first-order chi connectivity index (χ1) is 10.5. The second kappa shape index (κ2) is 7.57. The molecule has 1 fully saturated rings. The van der Waals surface area contributed by atoms with Gasteiger partial charge < -0.3 is 15.4 Å². The molecule has 0 saturated carbocycles. The Kier molecular flexibility index (Phi) is 5.76. The number of ether oxygens (including phenoxy) is 1. The molecule has 1 aliphatic rings. The summed E-state index contributed by atoms with van der Waals surface area (Å²) >= 11 is 0. The van der Waals surface area contributed by atoms with Crippen molar-refractivity contribution < 1.29 is 17.9 Å². The van der Waals surface area contributed by atoms with Crippen molar-refractivity contribution in [1.82, 2.24) is 9.62 Å². The monoisotopic (exact) mass is 327 g/mol. The number of nitrogens with zero attached hydrogens (tertiary/aromatic N) is 1. The van der Waals surface area contributed by atoms with Crippen LogP contribution in [0.2, 0.25) is 0 Å². The second-order valence-electron chi connectivity index (χ2n) is 5.01. The third-order valence-electron chi connectivity index (χ3n) is 3.39. The molecule has 0 unspecified atom stereocenters. The molecule has 1 aliphatic heterocycles. The van der Waals surface area contributed by atoms with E-state index in [1.807, 2.05) is 0 Å². The second-order valence-corrected chi connectivity index (χ2v) is 6.95. The molecule has 2 rings (SSSR count). The highest BCUT2D eigenvalue weighted by atomic mass is 32.2. The summed E-state index contributed by atoms with van der Waals surface area (Å²) in [6.07, 6.45) is 1.78. The fourth-order valence-corrected chi connectivity index (χ4v) is 3.82. The van der Waals surface area contributed by atoms with Crippen molar-refractivity contribution in [1.29, 1.82) is 0 Å².